The summed E-state index contributed by atoms with van der Waals surface area (Å²) in [7, 11) is 0. The molecule has 0 aliphatic carbocycles. The summed E-state index contributed by atoms with van der Waals surface area (Å²) in [4.78, 5) is 23.5. The number of aromatic nitrogens is 4. The molecule has 2 heterocycles. The fourth-order valence-corrected chi connectivity index (χ4v) is 3.65. The van der Waals surface area contributed by atoms with E-state index in [0.29, 0.717) is 16.7 Å². The Balaban J connectivity index is 1.49. The number of oxime groups is 1. The van der Waals surface area contributed by atoms with Gasteiger partial charge < -0.3 is 4.84 Å². The summed E-state index contributed by atoms with van der Waals surface area (Å²) >= 11 is 0. The van der Waals surface area contributed by atoms with Crippen LogP contribution in [-0.4, -0.2) is 31.8 Å². The maximum atomic E-state index is 13.3. The summed E-state index contributed by atoms with van der Waals surface area (Å²) in [5.41, 5.74) is 4.44. The van der Waals surface area contributed by atoms with Crippen molar-refractivity contribution in [3.05, 3.63) is 118 Å². The van der Waals surface area contributed by atoms with Gasteiger partial charge in [-0.15, -0.1) is 0 Å². The predicted octanol–water partition coefficient (Wildman–Crippen LogP) is 4.61. The Morgan fingerprint density at radius 2 is 1.71 bits per heavy atom. The van der Waals surface area contributed by atoms with Crippen LogP contribution in [0, 0.1) is 0 Å². The Kier molecular flexibility index (Phi) is 6.25. The summed E-state index contributed by atoms with van der Waals surface area (Å²) in [6.07, 6.45) is 3.25. The molecule has 0 atom stereocenters. The van der Waals surface area contributed by atoms with Crippen LogP contribution >= 0.6 is 0 Å². The number of aromatic amines is 1. The van der Waals surface area contributed by atoms with Gasteiger partial charge >= 0.3 is 0 Å². The summed E-state index contributed by atoms with van der Waals surface area (Å²) < 4.78 is 1.25. The number of nitrogens with zero attached hydrogens (tertiary/aromatic N) is 5. The molecule has 172 valence electrons. The van der Waals surface area contributed by atoms with Crippen molar-refractivity contribution < 1.29 is 4.84 Å². The Labute approximate surface area is 201 Å². The van der Waals surface area contributed by atoms with E-state index in [4.69, 9.17) is 4.84 Å². The molecule has 0 unspecified atom stereocenters. The minimum Gasteiger partial charge on any atom is -0.387 e. The van der Waals surface area contributed by atoms with Gasteiger partial charge in [-0.2, -0.15) is 14.9 Å². The van der Waals surface area contributed by atoms with Crippen LogP contribution in [0.2, 0.25) is 0 Å². The fourth-order valence-electron chi connectivity index (χ4n) is 3.65. The van der Waals surface area contributed by atoms with Crippen LogP contribution in [0.4, 0.5) is 0 Å². The lowest BCUT2D eigenvalue weighted by Gasteiger charge is -2.09. The van der Waals surface area contributed by atoms with Crippen molar-refractivity contribution in [1.82, 2.24) is 19.9 Å². The number of benzene rings is 3. The highest BCUT2D eigenvalue weighted by atomic mass is 16.6. The second-order valence-electron chi connectivity index (χ2n) is 7.79. The van der Waals surface area contributed by atoms with Crippen molar-refractivity contribution in [3.63, 3.8) is 0 Å². The topological polar surface area (TPSA) is 97.5 Å². The number of hydrogen-bond acceptors (Lipinski definition) is 6. The van der Waals surface area contributed by atoms with Gasteiger partial charge in [0.2, 0.25) is 0 Å². The molecule has 0 aliphatic heterocycles. The standard InChI is InChI=1S/C27H22N6O2/c1-19(20-10-4-2-5-11-20)32-35-18-25-30-24-15-9-8-14-23(24)27(34)33(25)29-17-22-16-28-31-26(22)21-12-6-3-7-13-21/h2-17H,18H2,1H3,(H,28,31)/b29-17+,32-19+. The van der Waals surface area contributed by atoms with Crippen molar-refractivity contribution >= 4 is 22.8 Å². The molecule has 0 bridgehead atoms. The monoisotopic (exact) mass is 462 g/mol. The maximum absolute atomic E-state index is 13.3. The number of rotatable bonds is 7. The summed E-state index contributed by atoms with van der Waals surface area (Å²) in [6.45, 7) is 1.83. The Morgan fingerprint density at radius 3 is 2.51 bits per heavy atom. The first kappa shape index (κ1) is 22.0. The number of hydrogen-bond donors (Lipinski definition) is 1. The van der Waals surface area contributed by atoms with E-state index in [1.807, 2.05) is 73.7 Å². The summed E-state index contributed by atoms with van der Waals surface area (Å²) in [5.74, 6) is 0.333. The van der Waals surface area contributed by atoms with Gasteiger partial charge in [-0.1, -0.05) is 78.0 Å². The molecule has 0 amide bonds. The van der Waals surface area contributed by atoms with Crippen LogP contribution < -0.4 is 5.56 Å². The van der Waals surface area contributed by atoms with Crippen molar-refractivity contribution in [2.75, 3.05) is 0 Å². The number of nitrogens with one attached hydrogen (secondary N) is 1. The SMILES string of the molecule is C/C(=N\OCc1nc2ccccc2c(=O)n1/N=C/c1cn[nH]c1-c1ccccc1)c1ccccc1. The number of para-hydroxylation sites is 1. The molecule has 0 saturated heterocycles. The molecule has 0 spiro atoms. The van der Waals surface area contributed by atoms with E-state index < -0.39 is 0 Å². The van der Waals surface area contributed by atoms with E-state index in [1.54, 1.807) is 30.6 Å². The Morgan fingerprint density at radius 1 is 1.00 bits per heavy atom. The highest BCUT2D eigenvalue weighted by molar-refractivity contribution is 5.98. The lowest BCUT2D eigenvalue weighted by molar-refractivity contribution is 0.122. The fraction of sp³-hybridized carbons (Fsp3) is 0.0741. The van der Waals surface area contributed by atoms with E-state index in [-0.39, 0.29) is 12.2 Å². The zero-order valence-corrected chi connectivity index (χ0v) is 19.0. The van der Waals surface area contributed by atoms with Crippen LogP contribution in [0.1, 0.15) is 23.9 Å². The zero-order chi connectivity index (χ0) is 24.0. The molecular weight excluding hydrogens is 440 g/mol. The van der Waals surface area contributed by atoms with Gasteiger partial charge in [-0.25, -0.2) is 4.98 Å². The molecule has 0 radical (unpaired) electrons. The van der Waals surface area contributed by atoms with E-state index in [2.05, 4.69) is 25.4 Å². The minimum atomic E-state index is -0.293. The zero-order valence-electron chi connectivity index (χ0n) is 19.0. The van der Waals surface area contributed by atoms with E-state index in [1.165, 1.54) is 4.68 Å². The van der Waals surface area contributed by atoms with Gasteiger partial charge in [0.05, 0.1) is 34.7 Å². The van der Waals surface area contributed by atoms with Crippen LogP contribution in [0.5, 0.6) is 0 Å². The Hall–Kier alpha value is -4.85. The van der Waals surface area contributed by atoms with Crippen molar-refractivity contribution in [2.24, 2.45) is 10.3 Å². The molecule has 8 nitrogen and oxygen atoms in total. The highest BCUT2D eigenvalue weighted by Gasteiger charge is 2.12. The second kappa shape index (κ2) is 9.96. The van der Waals surface area contributed by atoms with Crippen LogP contribution in [0.25, 0.3) is 22.2 Å². The number of H-pyrrole nitrogens is 1. The molecule has 1 N–H and O–H groups in total. The second-order valence-corrected chi connectivity index (χ2v) is 7.79. The third-order valence-corrected chi connectivity index (χ3v) is 5.45. The van der Waals surface area contributed by atoms with Gasteiger partial charge in [0.25, 0.3) is 5.56 Å². The first-order chi connectivity index (χ1) is 17.2. The van der Waals surface area contributed by atoms with Crippen molar-refractivity contribution in [3.8, 4) is 11.3 Å². The minimum absolute atomic E-state index is 0.0292. The van der Waals surface area contributed by atoms with Gasteiger partial charge in [-0.05, 0) is 24.6 Å². The summed E-state index contributed by atoms with van der Waals surface area (Å²) in [5, 5.41) is 16.3. The largest absolute Gasteiger partial charge is 0.387 e. The molecule has 35 heavy (non-hydrogen) atoms. The molecule has 2 aromatic heterocycles. The molecule has 0 saturated carbocycles. The first-order valence-corrected chi connectivity index (χ1v) is 11.1. The lowest BCUT2D eigenvalue weighted by Crippen LogP contribution is -2.22. The van der Waals surface area contributed by atoms with Crippen LogP contribution in [0.3, 0.4) is 0 Å². The quantitative estimate of drug-likeness (QED) is 0.282. The molecule has 5 rings (SSSR count). The van der Waals surface area contributed by atoms with E-state index >= 15 is 0 Å². The third-order valence-electron chi connectivity index (χ3n) is 5.45. The van der Waals surface area contributed by atoms with Gasteiger partial charge in [0.15, 0.2) is 12.4 Å². The summed E-state index contributed by atoms with van der Waals surface area (Å²) in [6, 6.07) is 26.6. The predicted molar refractivity (Wildman–Crippen MR) is 136 cm³/mol. The van der Waals surface area contributed by atoms with E-state index in [0.717, 1.165) is 28.1 Å². The smallest absolute Gasteiger partial charge is 0.282 e. The molecule has 0 aliphatic rings. The molecular formula is C27H22N6O2. The molecule has 3 aromatic carbocycles. The van der Waals surface area contributed by atoms with Gasteiger partial charge in [0, 0.05) is 11.1 Å². The van der Waals surface area contributed by atoms with Gasteiger partial charge in [0.1, 0.15) is 0 Å². The third kappa shape index (κ3) is 4.77. The molecule has 5 aromatic rings. The van der Waals surface area contributed by atoms with E-state index in [9.17, 15) is 4.79 Å². The molecule has 8 heteroatoms. The lowest BCUT2D eigenvalue weighted by atomic mass is 10.1. The van der Waals surface area contributed by atoms with Crippen LogP contribution in [-0.2, 0) is 11.4 Å². The average Bonchev–Trinajstić information content (AvgIpc) is 3.38. The van der Waals surface area contributed by atoms with Crippen LogP contribution in [0.15, 0.2) is 106 Å². The van der Waals surface area contributed by atoms with Crippen molar-refractivity contribution in [1.29, 1.82) is 0 Å². The van der Waals surface area contributed by atoms with Gasteiger partial charge in [-0.3, -0.25) is 9.89 Å². The van der Waals surface area contributed by atoms with Crippen molar-refractivity contribution in [2.45, 2.75) is 13.5 Å². The molecule has 0 fully saturated rings. The number of fused-ring (bicyclic) bond motifs is 1. The first-order valence-electron chi connectivity index (χ1n) is 11.1. The maximum Gasteiger partial charge on any atom is 0.282 e. The highest BCUT2D eigenvalue weighted by Crippen LogP contribution is 2.19. The normalized spacial score (nSPS) is 11.9. The Bertz CT molecular complexity index is 1570. The average molecular weight is 463 g/mol.